The van der Waals surface area contributed by atoms with Crippen molar-refractivity contribution in [2.45, 2.75) is 6.92 Å². The van der Waals surface area contributed by atoms with Crippen molar-refractivity contribution in [2.24, 2.45) is 0 Å². The molecule has 0 saturated carbocycles. The van der Waals surface area contributed by atoms with E-state index in [0.717, 1.165) is 0 Å². The van der Waals surface area contributed by atoms with E-state index < -0.39 is 11.8 Å². The molecule has 0 aliphatic carbocycles. The van der Waals surface area contributed by atoms with E-state index in [2.05, 4.69) is 31.9 Å². The van der Waals surface area contributed by atoms with Crippen LogP contribution in [0.3, 0.4) is 0 Å². The van der Waals surface area contributed by atoms with Crippen LogP contribution in [0.5, 0.6) is 11.5 Å². The van der Waals surface area contributed by atoms with Crippen LogP contribution in [0.1, 0.15) is 12.5 Å². The molecule has 2 aromatic carbocycles. The first-order chi connectivity index (χ1) is 14.2. The zero-order valence-electron chi connectivity index (χ0n) is 15.8. The second kappa shape index (κ2) is 9.05. The highest BCUT2D eigenvalue weighted by atomic mass is 79.9. The van der Waals surface area contributed by atoms with Crippen LogP contribution in [-0.4, -0.2) is 40.6 Å². The quantitative estimate of drug-likeness (QED) is 0.311. The number of phenols is 1. The van der Waals surface area contributed by atoms with Gasteiger partial charge in [-0.25, -0.2) is 0 Å². The minimum Gasteiger partial charge on any atom is -0.503 e. The largest absolute Gasteiger partial charge is 0.503 e. The summed E-state index contributed by atoms with van der Waals surface area (Å²) in [5, 5.41) is 10.7. The molecule has 6 nitrogen and oxygen atoms in total. The highest BCUT2D eigenvalue weighted by Crippen LogP contribution is 2.42. The standard InChI is InChI=1S/C20H15Br2ClN2O4S/c1-3-24-18(27)13(8-10-9-14(29-2)17(26)16(22)15(10)21)19(28)25(20(24)30)12-6-4-11(23)5-7-12/h4-9,26H,3H2,1-2H3/b13-8+. The van der Waals surface area contributed by atoms with Gasteiger partial charge >= 0.3 is 0 Å². The summed E-state index contributed by atoms with van der Waals surface area (Å²) in [7, 11) is 1.41. The van der Waals surface area contributed by atoms with Gasteiger partial charge < -0.3 is 9.84 Å². The molecule has 0 atom stereocenters. The van der Waals surface area contributed by atoms with Gasteiger partial charge in [-0.3, -0.25) is 19.4 Å². The number of rotatable bonds is 4. The summed E-state index contributed by atoms with van der Waals surface area (Å²) < 4.78 is 5.97. The lowest BCUT2D eigenvalue weighted by Gasteiger charge is -2.36. The summed E-state index contributed by atoms with van der Waals surface area (Å²) >= 11 is 18.0. The summed E-state index contributed by atoms with van der Waals surface area (Å²) in [6, 6.07) is 8.12. The number of nitrogens with zero attached hydrogens (tertiary/aromatic N) is 2. The summed E-state index contributed by atoms with van der Waals surface area (Å²) in [5.41, 5.74) is 0.878. The highest BCUT2D eigenvalue weighted by molar-refractivity contribution is 9.13. The first kappa shape index (κ1) is 22.7. The zero-order chi connectivity index (χ0) is 22.2. The van der Waals surface area contributed by atoms with Crippen molar-refractivity contribution in [1.82, 2.24) is 4.90 Å². The average molecular weight is 575 g/mol. The van der Waals surface area contributed by atoms with Gasteiger partial charge in [-0.15, -0.1) is 0 Å². The predicted octanol–water partition coefficient (Wildman–Crippen LogP) is 5.14. The summed E-state index contributed by atoms with van der Waals surface area (Å²) in [4.78, 5) is 29.0. The fourth-order valence-corrected chi connectivity index (χ4v) is 4.27. The third-order valence-electron chi connectivity index (χ3n) is 4.43. The Kier molecular flexibility index (Phi) is 6.86. The van der Waals surface area contributed by atoms with E-state index in [9.17, 15) is 14.7 Å². The first-order valence-corrected chi connectivity index (χ1v) is 11.0. The lowest BCUT2D eigenvalue weighted by atomic mass is 10.1. The molecule has 3 rings (SSSR count). The van der Waals surface area contributed by atoms with Crippen LogP contribution in [0.25, 0.3) is 6.08 Å². The highest BCUT2D eigenvalue weighted by Gasteiger charge is 2.39. The Balaban J connectivity index is 2.17. The molecule has 0 bridgehead atoms. The summed E-state index contributed by atoms with van der Waals surface area (Å²) in [6.07, 6.45) is 1.44. The molecule has 1 fully saturated rings. The van der Waals surface area contributed by atoms with Gasteiger partial charge in [-0.1, -0.05) is 11.6 Å². The molecule has 0 spiro atoms. The number of amides is 2. The number of hydrogen-bond donors (Lipinski definition) is 1. The molecule has 1 heterocycles. The molecular formula is C20H15Br2ClN2O4S. The van der Waals surface area contributed by atoms with Gasteiger partial charge in [0.2, 0.25) is 0 Å². The fraction of sp³-hybridized carbons (Fsp3) is 0.150. The molecule has 156 valence electrons. The van der Waals surface area contributed by atoms with Crippen LogP contribution in [0.15, 0.2) is 44.9 Å². The van der Waals surface area contributed by atoms with E-state index in [-0.39, 0.29) is 28.7 Å². The van der Waals surface area contributed by atoms with Gasteiger partial charge in [0.05, 0.1) is 17.3 Å². The molecular weight excluding hydrogens is 560 g/mol. The molecule has 30 heavy (non-hydrogen) atoms. The number of thiocarbonyl (C=S) groups is 1. The number of ether oxygens (including phenoxy) is 1. The molecule has 0 unspecified atom stereocenters. The van der Waals surface area contributed by atoms with E-state index in [1.807, 2.05) is 0 Å². The van der Waals surface area contributed by atoms with E-state index in [1.54, 1.807) is 31.2 Å². The SMILES string of the molecule is CCN1C(=O)/C(=C\c2cc(OC)c(O)c(Br)c2Br)C(=O)N(c2ccc(Cl)cc2)C1=S. The maximum Gasteiger partial charge on any atom is 0.270 e. The van der Waals surface area contributed by atoms with Crippen molar-refractivity contribution < 1.29 is 19.4 Å². The van der Waals surface area contributed by atoms with E-state index in [1.165, 1.54) is 29.1 Å². The number of benzene rings is 2. The maximum absolute atomic E-state index is 13.3. The van der Waals surface area contributed by atoms with E-state index in [4.69, 9.17) is 28.6 Å². The Morgan fingerprint density at radius 3 is 2.37 bits per heavy atom. The van der Waals surface area contributed by atoms with Gasteiger partial charge in [-0.2, -0.15) is 0 Å². The molecule has 2 amide bonds. The number of phenolic OH excluding ortho intramolecular Hbond substituents is 1. The van der Waals surface area contributed by atoms with Crippen molar-refractivity contribution in [3.8, 4) is 11.5 Å². The van der Waals surface area contributed by atoms with Crippen LogP contribution < -0.4 is 9.64 Å². The number of carbonyl (C=O) groups excluding carboxylic acids is 2. The van der Waals surface area contributed by atoms with Gasteiger partial charge in [0.15, 0.2) is 16.6 Å². The molecule has 1 aliphatic heterocycles. The molecule has 0 aromatic heterocycles. The van der Waals surface area contributed by atoms with Crippen LogP contribution in [0, 0.1) is 0 Å². The van der Waals surface area contributed by atoms with E-state index >= 15 is 0 Å². The van der Waals surface area contributed by atoms with Gasteiger partial charge in [0, 0.05) is 16.0 Å². The van der Waals surface area contributed by atoms with E-state index in [0.29, 0.717) is 25.2 Å². The third kappa shape index (κ3) is 3.99. The minimum absolute atomic E-state index is 0.0826. The Morgan fingerprint density at radius 1 is 1.17 bits per heavy atom. The Bertz CT molecular complexity index is 1090. The molecule has 1 saturated heterocycles. The van der Waals surface area contributed by atoms with Gasteiger partial charge in [0.25, 0.3) is 11.8 Å². The van der Waals surface area contributed by atoms with Crippen molar-refractivity contribution >= 4 is 84.4 Å². The topological polar surface area (TPSA) is 70.1 Å². The average Bonchev–Trinajstić information content (AvgIpc) is 2.72. The molecule has 10 heteroatoms. The molecule has 0 radical (unpaired) electrons. The van der Waals surface area contributed by atoms with Gasteiger partial charge in [0.1, 0.15) is 5.57 Å². The van der Waals surface area contributed by atoms with Crippen molar-refractivity contribution in [2.75, 3.05) is 18.6 Å². The second-order valence-electron chi connectivity index (χ2n) is 6.15. The van der Waals surface area contributed by atoms with Crippen molar-refractivity contribution in [1.29, 1.82) is 0 Å². The minimum atomic E-state index is -0.563. The lowest BCUT2D eigenvalue weighted by molar-refractivity contribution is -0.127. The Morgan fingerprint density at radius 2 is 1.80 bits per heavy atom. The van der Waals surface area contributed by atoms with Crippen LogP contribution in [0.2, 0.25) is 5.02 Å². The number of anilines is 1. The number of hydrogen-bond acceptors (Lipinski definition) is 5. The second-order valence-corrected chi connectivity index (χ2v) is 8.54. The van der Waals surface area contributed by atoms with Crippen LogP contribution in [0.4, 0.5) is 5.69 Å². The normalized spacial score (nSPS) is 15.9. The molecule has 1 N–H and O–H groups in total. The first-order valence-electron chi connectivity index (χ1n) is 8.63. The number of carbonyl (C=O) groups is 2. The number of likely N-dealkylation sites (N-methyl/N-ethyl adjacent to an activating group) is 1. The third-order valence-corrected chi connectivity index (χ3v) is 7.24. The molecule has 1 aliphatic rings. The van der Waals surface area contributed by atoms with Crippen LogP contribution in [-0.2, 0) is 9.59 Å². The molecule has 2 aromatic rings. The van der Waals surface area contributed by atoms with Crippen LogP contribution >= 0.6 is 55.7 Å². The lowest BCUT2D eigenvalue weighted by Crippen LogP contribution is -2.56. The Labute approximate surface area is 200 Å². The summed E-state index contributed by atoms with van der Waals surface area (Å²) in [6.45, 7) is 2.06. The zero-order valence-corrected chi connectivity index (χ0v) is 20.5. The number of aromatic hydroxyl groups is 1. The monoisotopic (exact) mass is 572 g/mol. The van der Waals surface area contributed by atoms with Crippen molar-refractivity contribution in [3.05, 3.63) is 55.4 Å². The predicted molar refractivity (Wildman–Crippen MR) is 127 cm³/mol. The Hall–Kier alpha value is -1.94. The maximum atomic E-state index is 13.3. The number of halogens is 3. The summed E-state index contributed by atoms with van der Waals surface area (Å²) in [5.74, 6) is -0.989. The van der Waals surface area contributed by atoms with Crippen molar-refractivity contribution in [3.63, 3.8) is 0 Å². The smallest absolute Gasteiger partial charge is 0.270 e. The fourth-order valence-electron chi connectivity index (χ4n) is 2.90. The number of methoxy groups -OCH3 is 1. The van der Waals surface area contributed by atoms with Gasteiger partial charge in [-0.05, 0) is 93.0 Å².